The maximum absolute atomic E-state index is 3.69. The normalized spacial score (nSPS) is 12.2. The average Bonchev–Trinajstić information content (AvgIpc) is 2.01. The van der Waals surface area contributed by atoms with Gasteiger partial charge in [0.15, 0.2) is 0 Å². The molecule has 1 heteroatoms. The molecule has 0 aliphatic carbocycles. The Hall–Kier alpha value is -0.560. The number of hydrogen-bond donors (Lipinski definition) is 1. The predicted molar refractivity (Wildman–Crippen MR) is 60.9 cm³/mol. The van der Waals surface area contributed by atoms with Crippen molar-refractivity contribution in [3.63, 3.8) is 0 Å². The van der Waals surface area contributed by atoms with Crippen LogP contribution in [0.2, 0.25) is 0 Å². The van der Waals surface area contributed by atoms with Crippen LogP contribution in [0.4, 0.5) is 0 Å². The highest BCUT2D eigenvalue weighted by Crippen LogP contribution is 1.99. The second-order valence-corrected chi connectivity index (χ2v) is 4.32. The van der Waals surface area contributed by atoms with Gasteiger partial charge in [-0.2, -0.15) is 0 Å². The number of hydrogen-bond acceptors (Lipinski definition) is 1. The van der Waals surface area contributed by atoms with Crippen molar-refractivity contribution >= 4 is 0 Å². The van der Waals surface area contributed by atoms with Gasteiger partial charge in [-0.1, -0.05) is 18.2 Å². The second kappa shape index (κ2) is 6.90. The minimum absolute atomic E-state index is 0.228. The van der Waals surface area contributed by atoms with Crippen LogP contribution in [0, 0.1) is 0 Å². The topological polar surface area (TPSA) is 12.0 Å². The second-order valence-electron chi connectivity index (χ2n) is 4.32. The summed E-state index contributed by atoms with van der Waals surface area (Å²) >= 11 is 0. The first kappa shape index (κ1) is 12.4. The van der Waals surface area contributed by atoms with Crippen LogP contribution in [-0.4, -0.2) is 12.1 Å². The smallest absolute Gasteiger partial charge is 0.0139 e. The summed E-state index contributed by atoms with van der Waals surface area (Å²) in [5.41, 5.74) is 0.228. The fourth-order valence-electron chi connectivity index (χ4n) is 0.946. The Morgan fingerprint density at radius 2 is 1.85 bits per heavy atom. The summed E-state index contributed by atoms with van der Waals surface area (Å²) in [6, 6.07) is 0. The van der Waals surface area contributed by atoms with Crippen molar-refractivity contribution in [3.05, 3.63) is 24.8 Å². The lowest BCUT2D eigenvalue weighted by molar-refractivity contribution is 0.449. The molecule has 76 valence electrons. The lowest BCUT2D eigenvalue weighted by Crippen LogP contribution is -2.35. The zero-order valence-electron chi connectivity index (χ0n) is 9.27. The van der Waals surface area contributed by atoms with Gasteiger partial charge in [0, 0.05) is 12.1 Å². The molecule has 0 atom stereocenters. The fourth-order valence-corrected chi connectivity index (χ4v) is 0.946. The molecule has 0 aromatic carbocycles. The van der Waals surface area contributed by atoms with E-state index in [1.165, 1.54) is 6.42 Å². The van der Waals surface area contributed by atoms with Crippen LogP contribution in [0.3, 0.4) is 0 Å². The van der Waals surface area contributed by atoms with E-state index in [4.69, 9.17) is 0 Å². The van der Waals surface area contributed by atoms with E-state index in [2.05, 4.69) is 44.8 Å². The Morgan fingerprint density at radius 3 is 2.38 bits per heavy atom. The summed E-state index contributed by atoms with van der Waals surface area (Å²) in [5.74, 6) is 0. The van der Waals surface area contributed by atoms with E-state index in [-0.39, 0.29) is 5.54 Å². The predicted octanol–water partition coefficient (Wildman–Crippen LogP) is 3.29. The highest BCUT2D eigenvalue weighted by molar-refractivity contribution is 4.86. The fraction of sp³-hybridized carbons (Fsp3) is 0.667. The van der Waals surface area contributed by atoms with Gasteiger partial charge in [0.25, 0.3) is 0 Å². The zero-order valence-corrected chi connectivity index (χ0v) is 9.27. The Bertz CT molecular complexity index is 151. The largest absolute Gasteiger partial charge is 0.309 e. The Kier molecular flexibility index (Phi) is 6.61. The molecule has 0 aliphatic rings. The Morgan fingerprint density at radius 1 is 1.15 bits per heavy atom. The monoisotopic (exact) mass is 181 g/mol. The highest BCUT2D eigenvalue weighted by atomic mass is 14.9. The van der Waals surface area contributed by atoms with Gasteiger partial charge >= 0.3 is 0 Å². The average molecular weight is 181 g/mol. The lowest BCUT2D eigenvalue weighted by Gasteiger charge is -2.18. The molecule has 0 amide bonds. The molecule has 0 fully saturated rings. The van der Waals surface area contributed by atoms with Crippen molar-refractivity contribution in [1.29, 1.82) is 0 Å². The minimum atomic E-state index is 0.228. The van der Waals surface area contributed by atoms with Crippen molar-refractivity contribution in [2.45, 2.75) is 45.6 Å². The van der Waals surface area contributed by atoms with Crippen molar-refractivity contribution < 1.29 is 0 Å². The molecule has 0 aromatic rings. The summed E-state index contributed by atoms with van der Waals surface area (Å²) in [4.78, 5) is 0. The number of unbranched alkanes of at least 4 members (excludes halogenated alkanes) is 2. The van der Waals surface area contributed by atoms with Crippen LogP contribution in [0.15, 0.2) is 24.8 Å². The molecule has 13 heavy (non-hydrogen) atoms. The van der Waals surface area contributed by atoms with Gasteiger partial charge in [-0.05, 0) is 40.0 Å². The Labute approximate surface area is 82.9 Å². The number of rotatable bonds is 6. The van der Waals surface area contributed by atoms with E-state index in [1.807, 2.05) is 6.08 Å². The molecule has 1 nitrogen and oxygen atoms in total. The molecule has 0 aliphatic heterocycles. The maximum Gasteiger partial charge on any atom is 0.0139 e. The molecule has 0 unspecified atom stereocenters. The van der Waals surface area contributed by atoms with Gasteiger partial charge < -0.3 is 5.32 Å². The van der Waals surface area contributed by atoms with Gasteiger partial charge in [0.2, 0.25) is 0 Å². The van der Waals surface area contributed by atoms with Crippen LogP contribution >= 0.6 is 0 Å². The number of allylic oxidation sites excluding steroid dienone is 2. The summed E-state index contributed by atoms with van der Waals surface area (Å²) in [6.45, 7) is 11.2. The summed E-state index contributed by atoms with van der Waals surface area (Å²) in [6.07, 6.45) is 9.92. The summed E-state index contributed by atoms with van der Waals surface area (Å²) in [7, 11) is 0. The van der Waals surface area contributed by atoms with E-state index in [1.54, 1.807) is 0 Å². The van der Waals surface area contributed by atoms with E-state index in [0.717, 1.165) is 19.4 Å². The molecule has 0 heterocycles. The van der Waals surface area contributed by atoms with Crippen molar-refractivity contribution in [2.75, 3.05) is 6.54 Å². The molecule has 0 bridgehead atoms. The minimum Gasteiger partial charge on any atom is -0.309 e. The van der Waals surface area contributed by atoms with E-state index >= 15 is 0 Å². The van der Waals surface area contributed by atoms with Crippen LogP contribution in [0.25, 0.3) is 0 Å². The number of nitrogens with one attached hydrogen (secondary N) is 1. The van der Waals surface area contributed by atoms with E-state index in [9.17, 15) is 0 Å². The third-order valence-corrected chi connectivity index (χ3v) is 1.70. The van der Waals surface area contributed by atoms with E-state index < -0.39 is 0 Å². The zero-order chi connectivity index (χ0) is 10.2. The van der Waals surface area contributed by atoms with Gasteiger partial charge in [-0.25, -0.2) is 0 Å². The first-order valence-electron chi connectivity index (χ1n) is 5.07. The van der Waals surface area contributed by atoms with Crippen LogP contribution in [-0.2, 0) is 0 Å². The van der Waals surface area contributed by atoms with Crippen LogP contribution in [0.5, 0.6) is 0 Å². The molecule has 0 spiro atoms. The van der Waals surface area contributed by atoms with Crippen LogP contribution in [0.1, 0.15) is 40.0 Å². The van der Waals surface area contributed by atoms with Crippen molar-refractivity contribution in [3.8, 4) is 0 Å². The third kappa shape index (κ3) is 11.4. The highest BCUT2D eigenvalue weighted by Gasteiger charge is 2.05. The molecular weight excluding hydrogens is 158 g/mol. The van der Waals surface area contributed by atoms with E-state index in [0.29, 0.717) is 0 Å². The SMILES string of the molecule is C=CCCC/C=C\CNC(C)(C)C. The molecular formula is C12H23N. The van der Waals surface area contributed by atoms with Gasteiger partial charge in [-0.3, -0.25) is 0 Å². The van der Waals surface area contributed by atoms with Crippen LogP contribution < -0.4 is 5.32 Å². The summed E-state index contributed by atoms with van der Waals surface area (Å²) in [5, 5.41) is 3.41. The molecule has 0 radical (unpaired) electrons. The standard InChI is InChI=1S/C12H23N/c1-5-6-7-8-9-10-11-13-12(2,3)4/h5,9-10,13H,1,6-8,11H2,2-4H3/b10-9-. The lowest BCUT2D eigenvalue weighted by atomic mass is 10.1. The quantitative estimate of drug-likeness (QED) is 0.490. The molecule has 1 N–H and O–H groups in total. The molecule has 0 aromatic heterocycles. The third-order valence-electron chi connectivity index (χ3n) is 1.70. The molecule has 0 rings (SSSR count). The summed E-state index contributed by atoms with van der Waals surface area (Å²) < 4.78 is 0. The maximum atomic E-state index is 3.69. The van der Waals surface area contributed by atoms with Crippen molar-refractivity contribution in [1.82, 2.24) is 5.32 Å². The molecule has 0 saturated heterocycles. The van der Waals surface area contributed by atoms with Gasteiger partial charge in [-0.15, -0.1) is 6.58 Å². The van der Waals surface area contributed by atoms with Gasteiger partial charge in [0.1, 0.15) is 0 Å². The molecule has 0 saturated carbocycles. The first-order valence-corrected chi connectivity index (χ1v) is 5.07. The first-order chi connectivity index (χ1) is 6.06. The van der Waals surface area contributed by atoms with Crippen molar-refractivity contribution in [2.24, 2.45) is 0 Å². The van der Waals surface area contributed by atoms with Gasteiger partial charge in [0.05, 0.1) is 0 Å². The Balaban J connectivity index is 3.27.